The van der Waals surface area contributed by atoms with Crippen LogP contribution < -0.4 is 5.32 Å². The number of phenols is 1. The summed E-state index contributed by atoms with van der Waals surface area (Å²) in [6.07, 6.45) is 0.210. The van der Waals surface area contributed by atoms with Gasteiger partial charge in [0.2, 0.25) is 0 Å². The number of anilines is 1. The van der Waals surface area contributed by atoms with Gasteiger partial charge >= 0.3 is 5.97 Å². The van der Waals surface area contributed by atoms with E-state index in [2.05, 4.69) is 5.32 Å². The number of hydrogen-bond donors (Lipinski definition) is 3. The van der Waals surface area contributed by atoms with Crippen LogP contribution in [0, 0.1) is 5.82 Å². The number of carboxylic acid groups (broad SMARTS) is 1. The van der Waals surface area contributed by atoms with Gasteiger partial charge in [-0.2, -0.15) is 0 Å². The van der Waals surface area contributed by atoms with Crippen molar-refractivity contribution in [3.63, 3.8) is 0 Å². The third-order valence-corrected chi connectivity index (χ3v) is 3.48. The van der Waals surface area contributed by atoms with Gasteiger partial charge in [0.25, 0.3) is 0 Å². The maximum Gasteiger partial charge on any atom is 0.334 e. The van der Waals surface area contributed by atoms with E-state index in [0.717, 1.165) is 0 Å². The van der Waals surface area contributed by atoms with Crippen LogP contribution in [-0.4, -0.2) is 16.2 Å². The Bertz CT molecular complexity index is 642. The van der Waals surface area contributed by atoms with E-state index in [-0.39, 0.29) is 17.9 Å². The van der Waals surface area contributed by atoms with Crippen molar-refractivity contribution in [1.82, 2.24) is 0 Å². The van der Waals surface area contributed by atoms with Crippen molar-refractivity contribution < 1.29 is 19.4 Å². The maximum absolute atomic E-state index is 13.8. The molecule has 5 heteroatoms. The summed E-state index contributed by atoms with van der Waals surface area (Å²) in [4.78, 5) is 11.8. The van der Waals surface area contributed by atoms with Gasteiger partial charge in [0.05, 0.1) is 5.69 Å². The number of carboxylic acids is 1. The van der Waals surface area contributed by atoms with E-state index in [1.165, 1.54) is 42.5 Å². The Morgan fingerprint density at radius 1 is 1.19 bits per heavy atom. The summed E-state index contributed by atoms with van der Waals surface area (Å²) < 4.78 is 13.8. The summed E-state index contributed by atoms with van der Waals surface area (Å²) in [5.74, 6) is -1.59. The molecule has 0 aliphatic rings. The Morgan fingerprint density at radius 3 is 2.33 bits per heavy atom. The van der Waals surface area contributed by atoms with Crippen LogP contribution in [0.5, 0.6) is 5.75 Å². The molecule has 21 heavy (non-hydrogen) atoms. The van der Waals surface area contributed by atoms with Crippen LogP contribution in [0.3, 0.4) is 0 Å². The molecule has 0 radical (unpaired) electrons. The predicted molar refractivity (Wildman–Crippen MR) is 77.7 cm³/mol. The summed E-state index contributed by atoms with van der Waals surface area (Å²) in [5.41, 5.74) is -0.899. The standard InChI is InChI=1S/C16H16FNO3/c1-2-16(15(20)21,11-7-9-12(19)10-8-11)18-14-6-4-3-5-13(14)17/h3-10,18-19H,2H2,1H3,(H,20,21). The summed E-state index contributed by atoms with van der Waals surface area (Å²) in [7, 11) is 0. The SMILES string of the molecule is CCC(Nc1ccccc1F)(C(=O)O)c1ccc(O)cc1. The second kappa shape index (κ2) is 5.83. The smallest absolute Gasteiger partial charge is 0.334 e. The van der Waals surface area contributed by atoms with E-state index in [9.17, 15) is 19.4 Å². The molecule has 0 saturated heterocycles. The molecule has 0 spiro atoms. The molecule has 0 heterocycles. The molecule has 0 aromatic heterocycles. The van der Waals surface area contributed by atoms with Gasteiger partial charge in [-0.25, -0.2) is 9.18 Å². The van der Waals surface area contributed by atoms with Gasteiger partial charge in [0, 0.05) is 0 Å². The second-order valence-electron chi connectivity index (χ2n) is 4.72. The van der Waals surface area contributed by atoms with Gasteiger partial charge in [0.15, 0.2) is 5.54 Å². The first-order valence-electron chi connectivity index (χ1n) is 6.55. The molecule has 0 bridgehead atoms. The number of carbonyl (C=O) groups is 1. The van der Waals surface area contributed by atoms with Crippen molar-refractivity contribution >= 4 is 11.7 Å². The molecule has 0 saturated carbocycles. The van der Waals surface area contributed by atoms with Crippen molar-refractivity contribution in [1.29, 1.82) is 0 Å². The Balaban J connectivity index is 2.50. The van der Waals surface area contributed by atoms with Crippen molar-refractivity contribution in [2.24, 2.45) is 0 Å². The van der Waals surface area contributed by atoms with Crippen LogP contribution in [0.1, 0.15) is 18.9 Å². The lowest BCUT2D eigenvalue weighted by atomic mass is 9.86. The van der Waals surface area contributed by atoms with E-state index in [4.69, 9.17) is 0 Å². The summed E-state index contributed by atoms with van der Waals surface area (Å²) in [6.45, 7) is 1.70. The van der Waals surface area contributed by atoms with Gasteiger partial charge in [-0.05, 0) is 36.2 Å². The van der Waals surface area contributed by atoms with E-state index in [1.54, 1.807) is 13.0 Å². The fraction of sp³-hybridized carbons (Fsp3) is 0.188. The lowest BCUT2D eigenvalue weighted by molar-refractivity contribution is -0.142. The van der Waals surface area contributed by atoms with Crippen LogP contribution in [0.2, 0.25) is 0 Å². The van der Waals surface area contributed by atoms with Crippen molar-refractivity contribution in [2.75, 3.05) is 5.32 Å². The van der Waals surface area contributed by atoms with Crippen LogP contribution in [0.15, 0.2) is 48.5 Å². The Labute approximate surface area is 121 Å². The third-order valence-electron chi connectivity index (χ3n) is 3.48. The monoisotopic (exact) mass is 289 g/mol. The zero-order valence-electron chi connectivity index (χ0n) is 11.5. The highest BCUT2D eigenvalue weighted by molar-refractivity contribution is 5.84. The van der Waals surface area contributed by atoms with Gasteiger partial charge < -0.3 is 15.5 Å². The largest absolute Gasteiger partial charge is 0.508 e. The zero-order valence-corrected chi connectivity index (χ0v) is 11.5. The van der Waals surface area contributed by atoms with Crippen molar-refractivity contribution in [3.8, 4) is 5.75 Å². The van der Waals surface area contributed by atoms with Crippen LogP contribution in [0.25, 0.3) is 0 Å². The summed E-state index contributed by atoms with van der Waals surface area (Å²) >= 11 is 0. The lowest BCUT2D eigenvalue weighted by Gasteiger charge is -2.31. The first-order valence-corrected chi connectivity index (χ1v) is 6.55. The van der Waals surface area contributed by atoms with Gasteiger partial charge in [0.1, 0.15) is 11.6 Å². The minimum atomic E-state index is -1.46. The van der Waals surface area contributed by atoms with Gasteiger partial charge in [-0.1, -0.05) is 31.2 Å². The maximum atomic E-state index is 13.8. The van der Waals surface area contributed by atoms with Gasteiger partial charge in [-0.15, -0.1) is 0 Å². The second-order valence-corrected chi connectivity index (χ2v) is 4.72. The molecule has 0 fully saturated rings. The fourth-order valence-corrected chi connectivity index (χ4v) is 2.23. The molecule has 110 valence electrons. The minimum Gasteiger partial charge on any atom is -0.508 e. The van der Waals surface area contributed by atoms with E-state index in [1.807, 2.05) is 0 Å². The molecular weight excluding hydrogens is 273 g/mol. The average Bonchev–Trinajstić information content (AvgIpc) is 2.47. The van der Waals surface area contributed by atoms with Crippen LogP contribution >= 0.6 is 0 Å². The molecule has 1 unspecified atom stereocenters. The molecular formula is C16H16FNO3. The Kier molecular flexibility index (Phi) is 4.12. The van der Waals surface area contributed by atoms with Crippen LogP contribution in [-0.2, 0) is 10.3 Å². The average molecular weight is 289 g/mol. The summed E-state index contributed by atoms with van der Waals surface area (Å²) in [6, 6.07) is 11.8. The molecule has 0 amide bonds. The van der Waals surface area contributed by atoms with Gasteiger partial charge in [-0.3, -0.25) is 0 Å². The third kappa shape index (κ3) is 2.81. The van der Waals surface area contributed by atoms with E-state index in [0.29, 0.717) is 5.56 Å². The Hall–Kier alpha value is -2.56. The molecule has 1 atom stereocenters. The zero-order chi connectivity index (χ0) is 15.5. The molecule has 2 aromatic carbocycles. The number of halogens is 1. The topological polar surface area (TPSA) is 69.6 Å². The number of hydrogen-bond acceptors (Lipinski definition) is 3. The first kappa shape index (κ1) is 14.8. The van der Waals surface area contributed by atoms with Crippen molar-refractivity contribution in [2.45, 2.75) is 18.9 Å². The normalized spacial score (nSPS) is 13.4. The van der Waals surface area contributed by atoms with E-state index >= 15 is 0 Å². The number of rotatable bonds is 5. The lowest BCUT2D eigenvalue weighted by Crippen LogP contribution is -2.43. The van der Waals surface area contributed by atoms with Crippen molar-refractivity contribution in [3.05, 3.63) is 59.9 Å². The molecule has 0 aliphatic heterocycles. The quantitative estimate of drug-likeness (QED) is 0.789. The highest BCUT2D eigenvalue weighted by Crippen LogP contribution is 2.32. The molecule has 4 nitrogen and oxygen atoms in total. The number of aliphatic carboxylic acids is 1. The van der Waals surface area contributed by atoms with Crippen LogP contribution in [0.4, 0.5) is 10.1 Å². The van der Waals surface area contributed by atoms with E-state index < -0.39 is 17.3 Å². The first-order chi connectivity index (χ1) is 9.99. The fourth-order valence-electron chi connectivity index (χ4n) is 2.23. The molecule has 2 aromatic rings. The molecule has 2 rings (SSSR count). The number of phenolic OH excluding ortho intramolecular Hbond substituents is 1. The summed E-state index contributed by atoms with van der Waals surface area (Å²) in [5, 5.41) is 21.8. The molecule has 3 N–H and O–H groups in total. The highest BCUT2D eigenvalue weighted by atomic mass is 19.1. The highest BCUT2D eigenvalue weighted by Gasteiger charge is 2.39. The molecule has 0 aliphatic carbocycles. The predicted octanol–water partition coefficient (Wildman–Crippen LogP) is 3.33. The number of benzene rings is 2. The Morgan fingerprint density at radius 2 is 1.81 bits per heavy atom. The number of aromatic hydroxyl groups is 1. The number of nitrogens with one attached hydrogen (secondary N) is 1. The minimum absolute atomic E-state index is 0.0417. The number of para-hydroxylation sites is 1.